The van der Waals surface area contributed by atoms with Crippen molar-refractivity contribution < 1.29 is 4.79 Å². The molecule has 1 aliphatic carbocycles. The Morgan fingerprint density at radius 2 is 1.27 bits per heavy atom. The first kappa shape index (κ1) is 16.6. The molecule has 2 heteroatoms. The van der Waals surface area contributed by atoms with E-state index in [1.54, 1.807) is 0 Å². The van der Waals surface area contributed by atoms with Crippen molar-refractivity contribution in [2.45, 2.75) is 30.7 Å². The largest absolute Gasteiger partial charge is 0.348 e. The van der Waals surface area contributed by atoms with Gasteiger partial charge in [-0.1, -0.05) is 85.3 Å². The molecular weight excluding hydrogens is 318 g/mol. The van der Waals surface area contributed by atoms with Gasteiger partial charge in [0.2, 0.25) is 0 Å². The summed E-state index contributed by atoms with van der Waals surface area (Å²) in [6.45, 7) is 0. The van der Waals surface area contributed by atoms with Gasteiger partial charge in [0.05, 0.1) is 0 Å². The number of amides is 1. The Bertz CT molecular complexity index is 819. The fourth-order valence-corrected chi connectivity index (χ4v) is 4.36. The van der Waals surface area contributed by atoms with Crippen LogP contribution in [0.5, 0.6) is 0 Å². The van der Waals surface area contributed by atoms with E-state index in [0.29, 0.717) is 0 Å². The number of hydrogen-bond acceptors (Lipinski definition) is 1. The molecule has 130 valence electrons. The van der Waals surface area contributed by atoms with Crippen molar-refractivity contribution in [1.82, 2.24) is 5.32 Å². The van der Waals surface area contributed by atoms with E-state index in [9.17, 15) is 4.79 Å². The van der Waals surface area contributed by atoms with Crippen molar-refractivity contribution in [1.29, 1.82) is 0 Å². The standard InChI is InChI=1S/C24H23NO/c26-23(19-11-4-1-5-12-19)25-22-17-10-18-24(22,20-13-6-2-7-14-20)21-15-8-3-9-16-21/h1-9,11-16,22H,10,17-18H2,(H,25,26). The number of rotatable bonds is 4. The maximum Gasteiger partial charge on any atom is 0.251 e. The van der Waals surface area contributed by atoms with Crippen molar-refractivity contribution in [3.63, 3.8) is 0 Å². The quantitative estimate of drug-likeness (QED) is 0.714. The fraction of sp³-hybridized carbons (Fsp3) is 0.208. The Morgan fingerprint density at radius 3 is 1.81 bits per heavy atom. The van der Waals surface area contributed by atoms with E-state index in [0.717, 1.165) is 24.8 Å². The summed E-state index contributed by atoms with van der Waals surface area (Å²) < 4.78 is 0. The summed E-state index contributed by atoms with van der Waals surface area (Å²) in [5.41, 5.74) is 3.10. The van der Waals surface area contributed by atoms with Crippen LogP contribution < -0.4 is 5.32 Å². The van der Waals surface area contributed by atoms with E-state index < -0.39 is 0 Å². The first-order valence-corrected chi connectivity index (χ1v) is 9.28. The third kappa shape index (κ3) is 2.92. The summed E-state index contributed by atoms with van der Waals surface area (Å²) in [4.78, 5) is 12.8. The van der Waals surface area contributed by atoms with Gasteiger partial charge >= 0.3 is 0 Å². The van der Waals surface area contributed by atoms with Crippen LogP contribution >= 0.6 is 0 Å². The molecular formula is C24H23NO. The molecule has 0 heterocycles. The topological polar surface area (TPSA) is 29.1 Å². The molecule has 0 bridgehead atoms. The van der Waals surface area contributed by atoms with Gasteiger partial charge in [0.25, 0.3) is 5.91 Å². The third-order valence-corrected chi connectivity index (χ3v) is 5.58. The molecule has 1 fully saturated rings. The molecule has 4 rings (SSSR count). The molecule has 1 aliphatic rings. The van der Waals surface area contributed by atoms with Crippen molar-refractivity contribution in [3.8, 4) is 0 Å². The zero-order valence-electron chi connectivity index (χ0n) is 14.8. The van der Waals surface area contributed by atoms with Crippen LogP contribution in [0.15, 0.2) is 91.0 Å². The Labute approximate surface area is 154 Å². The minimum Gasteiger partial charge on any atom is -0.348 e. The SMILES string of the molecule is O=C(NC1CCCC1(c1ccccc1)c1ccccc1)c1ccccc1. The zero-order valence-corrected chi connectivity index (χ0v) is 14.8. The van der Waals surface area contributed by atoms with Gasteiger partial charge in [-0.3, -0.25) is 4.79 Å². The average molecular weight is 341 g/mol. The van der Waals surface area contributed by atoms with Crippen molar-refractivity contribution in [2.24, 2.45) is 0 Å². The number of carbonyl (C=O) groups excluding carboxylic acids is 1. The summed E-state index contributed by atoms with van der Waals surface area (Å²) in [6.07, 6.45) is 3.13. The van der Waals surface area contributed by atoms with Gasteiger partial charge in [0.15, 0.2) is 0 Å². The van der Waals surface area contributed by atoms with E-state index in [4.69, 9.17) is 0 Å². The number of carbonyl (C=O) groups is 1. The summed E-state index contributed by atoms with van der Waals surface area (Å²) in [7, 11) is 0. The molecule has 0 aliphatic heterocycles. The molecule has 0 saturated heterocycles. The van der Waals surface area contributed by atoms with Gasteiger partial charge in [0, 0.05) is 17.0 Å². The predicted octanol–water partition coefficient (Wildman–Crippen LogP) is 4.96. The lowest BCUT2D eigenvalue weighted by Crippen LogP contribution is -2.47. The molecule has 1 unspecified atom stereocenters. The number of hydrogen-bond donors (Lipinski definition) is 1. The minimum absolute atomic E-state index is 0.00809. The van der Waals surface area contributed by atoms with E-state index in [2.05, 4.69) is 66.0 Å². The Hall–Kier alpha value is -2.87. The van der Waals surface area contributed by atoms with Crippen LogP contribution in [0, 0.1) is 0 Å². The van der Waals surface area contributed by atoms with Crippen LogP contribution in [0.25, 0.3) is 0 Å². The third-order valence-electron chi connectivity index (χ3n) is 5.58. The maximum atomic E-state index is 12.8. The average Bonchev–Trinajstić information content (AvgIpc) is 3.14. The molecule has 0 radical (unpaired) electrons. The van der Waals surface area contributed by atoms with E-state index in [-0.39, 0.29) is 17.4 Å². The summed E-state index contributed by atoms with van der Waals surface area (Å²) in [6, 6.07) is 30.8. The minimum atomic E-state index is -0.174. The molecule has 1 N–H and O–H groups in total. The van der Waals surface area contributed by atoms with Crippen molar-refractivity contribution >= 4 is 5.91 Å². The second-order valence-corrected chi connectivity index (χ2v) is 6.99. The van der Waals surface area contributed by atoms with Gasteiger partial charge in [-0.25, -0.2) is 0 Å². The highest BCUT2D eigenvalue weighted by molar-refractivity contribution is 5.94. The van der Waals surface area contributed by atoms with E-state index in [1.807, 2.05) is 30.3 Å². The summed E-state index contributed by atoms with van der Waals surface area (Å²) >= 11 is 0. The van der Waals surface area contributed by atoms with Gasteiger partial charge in [-0.2, -0.15) is 0 Å². The molecule has 1 atom stereocenters. The molecule has 3 aromatic carbocycles. The van der Waals surface area contributed by atoms with E-state index >= 15 is 0 Å². The number of nitrogens with one attached hydrogen (secondary N) is 1. The lowest BCUT2D eigenvalue weighted by molar-refractivity contribution is 0.0926. The lowest BCUT2D eigenvalue weighted by Gasteiger charge is -2.37. The van der Waals surface area contributed by atoms with Crippen LogP contribution in [-0.2, 0) is 5.41 Å². The van der Waals surface area contributed by atoms with Crippen molar-refractivity contribution in [2.75, 3.05) is 0 Å². The first-order chi connectivity index (χ1) is 12.8. The van der Waals surface area contributed by atoms with Crippen LogP contribution in [-0.4, -0.2) is 11.9 Å². The molecule has 0 aromatic heterocycles. The summed E-state index contributed by atoms with van der Waals surface area (Å²) in [5, 5.41) is 3.34. The second-order valence-electron chi connectivity index (χ2n) is 6.99. The number of benzene rings is 3. The Morgan fingerprint density at radius 1 is 0.769 bits per heavy atom. The summed E-state index contributed by atoms with van der Waals surface area (Å²) in [5.74, 6) is 0.00809. The van der Waals surface area contributed by atoms with Crippen LogP contribution in [0.1, 0.15) is 40.7 Å². The van der Waals surface area contributed by atoms with E-state index in [1.165, 1.54) is 11.1 Å². The molecule has 0 spiro atoms. The Kier molecular flexibility index (Phi) is 4.57. The Balaban J connectivity index is 1.74. The highest BCUT2D eigenvalue weighted by Crippen LogP contribution is 2.46. The monoisotopic (exact) mass is 341 g/mol. The van der Waals surface area contributed by atoms with Crippen LogP contribution in [0.3, 0.4) is 0 Å². The fourth-order valence-electron chi connectivity index (χ4n) is 4.36. The van der Waals surface area contributed by atoms with Crippen LogP contribution in [0.2, 0.25) is 0 Å². The maximum absolute atomic E-state index is 12.8. The highest BCUT2D eigenvalue weighted by atomic mass is 16.1. The normalized spacial score (nSPS) is 18.4. The lowest BCUT2D eigenvalue weighted by atomic mass is 9.70. The van der Waals surface area contributed by atoms with Crippen LogP contribution in [0.4, 0.5) is 0 Å². The predicted molar refractivity (Wildman–Crippen MR) is 105 cm³/mol. The second kappa shape index (κ2) is 7.17. The highest BCUT2D eigenvalue weighted by Gasteiger charge is 2.46. The van der Waals surface area contributed by atoms with Crippen molar-refractivity contribution in [3.05, 3.63) is 108 Å². The van der Waals surface area contributed by atoms with Gasteiger partial charge in [-0.05, 0) is 36.1 Å². The van der Waals surface area contributed by atoms with Gasteiger partial charge in [0.1, 0.15) is 0 Å². The van der Waals surface area contributed by atoms with Gasteiger partial charge in [-0.15, -0.1) is 0 Å². The first-order valence-electron chi connectivity index (χ1n) is 9.28. The molecule has 1 saturated carbocycles. The smallest absolute Gasteiger partial charge is 0.251 e. The molecule has 1 amide bonds. The van der Waals surface area contributed by atoms with Gasteiger partial charge < -0.3 is 5.32 Å². The zero-order chi connectivity index (χ0) is 17.8. The molecule has 26 heavy (non-hydrogen) atoms. The molecule has 2 nitrogen and oxygen atoms in total. The molecule has 3 aromatic rings.